The molecule has 1 aliphatic heterocycles. The minimum Gasteiger partial charge on any atom is -0.487 e. The predicted octanol–water partition coefficient (Wildman–Crippen LogP) is 1.95. The topological polar surface area (TPSA) is 29.5 Å². The van der Waals surface area contributed by atoms with Crippen LogP contribution in [0.1, 0.15) is 24.2 Å². The van der Waals surface area contributed by atoms with Crippen LogP contribution in [0.5, 0.6) is 5.75 Å². The van der Waals surface area contributed by atoms with E-state index in [2.05, 4.69) is 0 Å². The van der Waals surface area contributed by atoms with Crippen LogP contribution in [0.4, 0.5) is 4.39 Å². The fraction of sp³-hybridized carbons (Fsp3) is 0.400. The molecule has 3 heteroatoms. The Kier molecular flexibility index (Phi) is 1.77. The van der Waals surface area contributed by atoms with Crippen LogP contribution in [0.2, 0.25) is 0 Å². The van der Waals surface area contributed by atoms with Crippen LogP contribution >= 0.6 is 0 Å². The third kappa shape index (κ3) is 1.20. The van der Waals surface area contributed by atoms with Crippen molar-refractivity contribution in [2.75, 3.05) is 0 Å². The highest BCUT2D eigenvalue weighted by atomic mass is 19.1. The highest BCUT2D eigenvalue weighted by molar-refractivity contribution is 5.42. The fourth-order valence-electron chi connectivity index (χ4n) is 1.54. The van der Waals surface area contributed by atoms with Crippen molar-refractivity contribution in [3.63, 3.8) is 0 Å². The second kappa shape index (κ2) is 2.70. The standard InChI is InChI=1S/C10H11FO2/c1-5-3-7-9(4-8(5)11)13-6(2)10(7)12/h3-4,6,10,12H,1-2H3. The lowest BCUT2D eigenvalue weighted by Gasteiger charge is -2.06. The zero-order valence-electron chi connectivity index (χ0n) is 7.54. The second-order valence-corrected chi connectivity index (χ2v) is 3.41. The minimum absolute atomic E-state index is 0.281. The van der Waals surface area contributed by atoms with Gasteiger partial charge in [-0.3, -0.25) is 0 Å². The van der Waals surface area contributed by atoms with Crippen LogP contribution in [0, 0.1) is 12.7 Å². The van der Waals surface area contributed by atoms with E-state index >= 15 is 0 Å². The van der Waals surface area contributed by atoms with E-state index in [0.717, 1.165) is 0 Å². The summed E-state index contributed by atoms with van der Waals surface area (Å²) in [5.41, 5.74) is 1.22. The first-order valence-corrected chi connectivity index (χ1v) is 4.24. The largest absolute Gasteiger partial charge is 0.487 e. The van der Waals surface area contributed by atoms with E-state index in [1.807, 2.05) is 0 Å². The normalized spacial score (nSPS) is 25.5. The van der Waals surface area contributed by atoms with E-state index in [1.54, 1.807) is 19.9 Å². The van der Waals surface area contributed by atoms with Gasteiger partial charge in [0.05, 0.1) is 0 Å². The molecule has 0 bridgehead atoms. The molecule has 1 aliphatic rings. The van der Waals surface area contributed by atoms with Gasteiger partial charge in [0.25, 0.3) is 0 Å². The summed E-state index contributed by atoms with van der Waals surface area (Å²) >= 11 is 0. The molecular weight excluding hydrogens is 171 g/mol. The van der Waals surface area contributed by atoms with Crippen molar-refractivity contribution in [3.8, 4) is 5.75 Å². The van der Waals surface area contributed by atoms with E-state index < -0.39 is 6.10 Å². The first-order chi connectivity index (χ1) is 6.09. The van der Waals surface area contributed by atoms with Crippen molar-refractivity contribution in [1.82, 2.24) is 0 Å². The zero-order chi connectivity index (χ0) is 9.59. The second-order valence-electron chi connectivity index (χ2n) is 3.41. The number of fused-ring (bicyclic) bond motifs is 1. The van der Waals surface area contributed by atoms with Crippen molar-refractivity contribution >= 4 is 0 Å². The average molecular weight is 182 g/mol. The van der Waals surface area contributed by atoms with Crippen molar-refractivity contribution < 1.29 is 14.2 Å². The molecule has 1 N–H and O–H groups in total. The molecule has 1 heterocycles. The third-order valence-corrected chi connectivity index (χ3v) is 2.37. The maximum Gasteiger partial charge on any atom is 0.129 e. The summed E-state index contributed by atoms with van der Waals surface area (Å²) in [6, 6.07) is 2.97. The number of aliphatic hydroxyl groups excluding tert-OH is 1. The molecule has 0 saturated carbocycles. The number of benzene rings is 1. The molecule has 13 heavy (non-hydrogen) atoms. The molecule has 2 atom stereocenters. The average Bonchev–Trinajstić information content (AvgIpc) is 2.32. The van der Waals surface area contributed by atoms with Crippen LogP contribution in [-0.2, 0) is 0 Å². The maximum atomic E-state index is 13.1. The van der Waals surface area contributed by atoms with Gasteiger partial charge in [-0.15, -0.1) is 0 Å². The summed E-state index contributed by atoms with van der Waals surface area (Å²) in [6.45, 7) is 3.43. The molecule has 70 valence electrons. The van der Waals surface area contributed by atoms with Gasteiger partial charge in [0, 0.05) is 11.6 Å². The zero-order valence-corrected chi connectivity index (χ0v) is 7.54. The van der Waals surface area contributed by atoms with Gasteiger partial charge in [-0.05, 0) is 25.5 Å². The van der Waals surface area contributed by atoms with Crippen molar-refractivity contribution in [1.29, 1.82) is 0 Å². The Bertz CT molecular complexity index is 349. The maximum absolute atomic E-state index is 13.1. The van der Waals surface area contributed by atoms with Gasteiger partial charge in [-0.1, -0.05) is 0 Å². The summed E-state index contributed by atoms with van der Waals surface area (Å²) in [5, 5.41) is 9.62. The van der Waals surface area contributed by atoms with E-state index in [0.29, 0.717) is 16.9 Å². The fourth-order valence-corrected chi connectivity index (χ4v) is 1.54. The molecule has 0 spiro atoms. The number of ether oxygens (including phenoxy) is 1. The molecule has 1 aromatic carbocycles. The lowest BCUT2D eigenvalue weighted by molar-refractivity contribution is 0.0795. The smallest absolute Gasteiger partial charge is 0.129 e. The Hall–Kier alpha value is -1.09. The number of rotatable bonds is 0. The molecule has 0 fully saturated rings. The van der Waals surface area contributed by atoms with Crippen molar-refractivity contribution in [3.05, 3.63) is 29.1 Å². The van der Waals surface area contributed by atoms with Crippen LogP contribution in [-0.4, -0.2) is 11.2 Å². The van der Waals surface area contributed by atoms with Gasteiger partial charge in [-0.2, -0.15) is 0 Å². The summed E-state index contributed by atoms with van der Waals surface area (Å²) in [5.74, 6) is 0.170. The number of hydrogen-bond acceptors (Lipinski definition) is 2. The Morgan fingerprint density at radius 3 is 2.85 bits per heavy atom. The Labute approximate surface area is 76.0 Å². The highest BCUT2D eigenvalue weighted by Crippen LogP contribution is 2.37. The van der Waals surface area contributed by atoms with Crippen LogP contribution in [0.25, 0.3) is 0 Å². The molecule has 2 nitrogen and oxygen atoms in total. The number of hydrogen-bond donors (Lipinski definition) is 1. The third-order valence-electron chi connectivity index (χ3n) is 2.37. The van der Waals surface area contributed by atoms with Crippen molar-refractivity contribution in [2.24, 2.45) is 0 Å². The molecule has 0 amide bonds. The summed E-state index contributed by atoms with van der Waals surface area (Å²) in [6.07, 6.45) is -0.912. The molecule has 0 aromatic heterocycles. The summed E-state index contributed by atoms with van der Waals surface area (Å²) in [7, 11) is 0. The van der Waals surface area contributed by atoms with Gasteiger partial charge in [0.1, 0.15) is 23.8 Å². The lowest BCUT2D eigenvalue weighted by atomic mass is 10.0. The first-order valence-electron chi connectivity index (χ1n) is 4.24. The highest BCUT2D eigenvalue weighted by Gasteiger charge is 2.30. The summed E-state index contributed by atoms with van der Waals surface area (Å²) in [4.78, 5) is 0. The number of halogens is 1. The van der Waals surface area contributed by atoms with Gasteiger partial charge in [-0.25, -0.2) is 4.39 Å². The molecule has 2 unspecified atom stereocenters. The Balaban J connectivity index is 2.53. The summed E-state index contributed by atoms with van der Waals surface area (Å²) < 4.78 is 18.3. The Morgan fingerprint density at radius 2 is 2.15 bits per heavy atom. The molecule has 0 aliphatic carbocycles. The number of aliphatic hydroxyl groups is 1. The van der Waals surface area contributed by atoms with Crippen LogP contribution < -0.4 is 4.74 Å². The van der Waals surface area contributed by atoms with Gasteiger partial charge in [0.15, 0.2) is 0 Å². The van der Waals surface area contributed by atoms with Gasteiger partial charge >= 0.3 is 0 Å². The Morgan fingerprint density at radius 1 is 1.46 bits per heavy atom. The molecule has 2 rings (SSSR count). The van der Waals surface area contributed by atoms with E-state index in [-0.39, 0.29) is 11.9 Å². The van der Waals surface area contributed by atoms with E-state index in [9.17, 15) is 9.50 Å². The van der Waals surface area contributed by atoms with E-state index in [4.69, 9.17) is 4.74 Å². The molecule has 0 saturated heterocycles. The van der Waals surface area contributed by atoms with Gasteiger partial charge in [0.2, 0.25) is 0 Å². The quantitative estimate of drug-likeness (QED) is 0.664. The van der Waals surface area contributed by atoms with E-state index in [1.165, 1.54) is 6.07 Å². The van der Waals surface area contributed by atoms with Gasteiger partial charge < -0.3 is 9.84 Å². The molecule has 0 radical (unpaired) electrons. The van der Waals surface area contributed by atoms with Crippen LogP contribution in [0.15, 0.2) is 12.1 Å². The molecule has 1 aromatic rings. The monoisotopic (exact) mass is 182 g/mol. The SMILES string of the molecule is Cc1cc2c(cc1F)OC(C)C2O. The minimum atomic E-state index is -0.630. The lowest BCUT2D eigenvalue weighted by Crippen LogP contribution is -2.12. The predicted molar refractivity (Wildman–Crippen MR) is 46.2 cm³/mol. The van der Waals surface area contributed by atoms with Crippen LogP contribution in [0.3, 0.4) is 0 Å². The first kappa shape index (κ1) is 8.51. The van der Waals surface area contributed by atoms with Crippen molar-refractivity contribution in [2.45, 2.75) is 26.1 Å². The molecular formula is C10H11FO2. The number of aryl methyl sites for hydroxylation is 1.